The number of carbonyl (C=O) groups excluding carboxylic acids is 1. The number of H-pyrrole nitrogens is 1. The van der Waals surface area contributed by atoms with Crippen molar-refractivity contribution in [2.45, 2.75) is 6.42 Å². The zero-order valence-corrected chi connectivity index (χ0v) is 11.0. The summed E-state index contributed by atoms with van der Waals surface area (Å²) >= 11 is 7.52. The van der Waals surface area contributed by atoms with Crippen LogP contribution in [0.25, 0.3) is 10.2 Å². The minimum atomic E-state index is 0.634. The minimum absolute atomic E-state index is 0.634. The van der Waals surface area contributed by atoms with E-state index in [9.17, 15) is 4.79 Å². The van der Waals surface area contributed by atoms with Crippen LogP contribution in [0.3, 0.4) is 0 Å². The first-order chi connectivity index (χ1) is 8.76. The number of carbonyl (C=O) groups is 1. The molecule has 0 atom stereocenters. The van der Waals surface area contributed by atoms with Crippen molar-refractivity contribution in [1.29, 1.82) is 0 Å². The Balaban J connectivity index is 1.96. The van der Waals surface area contributed by atoms with Crippen molar-refractivity contribution in [1.82, 2.24) is 4.98 Å². The van der Waals surface area contributed by atoms with E-state index < -0.39 is 0 Å². The van der Waals surface area contributed by atoms with Crippen LogP contribution in [0.15, 0.2) is 35.7 Å². The SMILES string of the molecule is O=Cc1cc2scc(Cc3ccc(Cl)cc3)c2[nH]1. The van der Waals surface area contributed by atoms with Crippen LogP contribution in [-0.4, -0.2) is 11.3 Å². The average Bonchev–Trinajstić information content (AvgIpc) is 2.93. The Hall–Kier alpha value is -1.58. The van der Waals surface area contributed by atoms with Gasteiger partial charge in [0.1, 0.15) is 0 Å². The lowest BCUT2D eigenvalue weighted by Gasteiger charge is -1.99. The van der Waals surface area contributed by atoms with Crippen LogP contribution in [0.5, 0.6) is 0 Å². The monoisotopic (exact) mass is 275 g/mol. The molecule has 2 heterocycles. The Kier molecular flexibility index (Phi) is 2.94. The highest BCUT2D eigenvalue weighted by Crippen LogP contribution is 2.28. The van der Waals surface area contributed by atoms with Gasteiger partial charge in [-0.2, -0.15) is 0 Å². The molecule has 0 saturated carbocycles. The largest absolute Gasteiger partial charge is 0.351 e. The van der Waals surface area contributed by atoms with E-state index in [0.29, 0.717) is 5.69 Å². The third-order valence-corrected chi connectivity index (χ3v) is 4.12. The van der Waals surface area contributed by atoms with Gasteiger partial charge in [0.15, 0.2) is 6.29 Å². The number of thiophene rings is 1. The number of aromatic amines is 1. The molecule has 1 N–H and O–H groups in total. The molecule has 90 valence electrons. The highest BCUT2D eigenvalue weighted by molar-refractivity contribution is 7.17. The lowest BCUT2D eigenvalue weighted by Crippen LogP contribution is -1.87. The van der Waals surface area contributed by atoms with E-state index in [1.165, 1.54) is 11.1 Å². The normalized spacial score (nSPS) is 10.9. The Morgan fingerprint density at radius 1 is 1.28 bits per heavy atom. The predicted octanol–water partition coefficient (Wildman–Crippen LogP) is 4.29. The number of aldehydes is 1. The van der Waals surface area contributed by atoms with Crippen LogP contribution in [0.2, 0.25) is 5.02 Å². The maximum atomic E-state index is 10.7. The van der Waals surface area contributed by atoms with Gasteiger partial charge < -0.3 is 4.98 Å². The van der Waals surface area contributed by atoms with Gasteiger partial charge in [-0.1, -0.05) is 23.7 Å². The van der Waals surface area contributed by atoms with Gasteiger partial charge in [0.2, 0.25) is 0 Å². The summed E-state index contributed by atoms with van der Waals surface area (Å²) < 4.78 is 1.13. The minimum Gasteiger partial charge on any atom is -0.351 e. The Morgan fingerprint density at radius 2 is 2.06 bits per heavy atom. The van der Waals surface area contributed by atoms with E-state index in [0.717, 1.165) is 27.9 Å². The second-order valence-electron chi connectivity index (χ2n) is 4.15. The topological polar surface area (TPSA) is 32.9 Å². The number of benzene rings is 1. The molecular formula is C14H10ClNOS. The van der Waals surface area contributed by atoms with E-state index in [-0.39, 0.29) is 0 Å². The second kappa shape index (κ2) is 4.59. The molecule has 0 unspecified atom stereocenters. The first kappa shape index (κ1) is 11.5. The summed E-state index contributed by atoms with van der Waals surface area (Å²) in [6.45, 7) is 0. The fourth-order valence-electron chi connectivity index (χ4n) is 2.00. The maximum absolute atomic E-state index is 10.7. The predicted molar refractivity (Wildman–Crippen MR) is 75.8 cm³/mol. The fraction of sp³-hybridized carbons (Fsp3) is 0.0714. The van der Waals surface area contributed by atoms with Gasteiger partial charge in [0.25, 0.3) is 0 Å². The Morgan fingerprint density at radius 3 is 2.78 bits per heavy atom. The molecule has 2 nitrogen and oxygen atoms in total. The zero-order valence-electron chi connectivity index (χ0n) is 9.44. The molecule has 0 aliphatic heterocycles. The molecule has 2 aromatic heterocycles. The van der Waals surface area contributed by atoms with Crippen LogP contribution in [0.4, 0.5) is 0 Å². The van der Waals surface area contributed by atoms with Crippen LogP contribution < -0.4 is 0 Å². The van der Waals surface area contributed by atoms with Gasteiger partial charge >= 0.3 is 0 Å². The quantitative estimate of drug-likeness (QED) is 0.711. The first-order valence-electron chi connectivity index (χ1n) is 5.55. The highest BCUT2D eigenvalue weighted by atomic mass is 35.5. The molecule has 3 aromatic rings. The van der Waals surface area contributed by atoms with Gasteiger partial charge in [-0.05, 0) is 34.7 Å². The highest BCUT2D eigenvalue weighted by Gasteiger charge is 2.08. The van der Waals surface area contributed by atoms with E-state index in [1.54, 1.807) is 11.3 Å². The van der Waals surface area contributed by atoms with Crippen molar-refractivity contribution in [3.63, 3.8) is 0 Å². The maximum Gasteiger partial charge on any atom is 0.166 e. The summed E-state index contributed by atoms with van der Waals surface area (Å²) in [5.74, 6) is 0. The van der Waals surface area contributed by atoms with Crippen LogP contribution in [-0.2, 0) is 6.42 Å². The lowest BCUT2D eigenvalue weighted by molar-refractivity contribution is 0.112. The number of halogens is 1. The van der Waals surface area contributed by atoms with Gasteiger partial charge in [-0.25, -0.2) is 0 Å². The van der Waals surface area contributed by atoms with Crippen molar-refractivity contribution >= 4 is 39.4 Å². The van der Waals surface area contributed by atoms with Gasteiger partial charge in [-0.3, -0.25) is 4.79 Å². The fourth-order valence-corrected chi connectivity index (χ4v) is 3.09. The molecule has 0 aliphatic carbocycles. The van der Waals surface area contributed by atoms with Crippen LogP contribution in [0.1, 0.15) is 21.6 Å². The molecule has 0 saturated heterocycles. The summed E-state index contributed by atoms with van der Waals surface area (Å²) in [6, 6.07) is 9.72. The van der Waals surface area contributed by atoms with Crippen molar-refractivity contribution in [2.75, 3.05) is 0 Å². The third kappa shape index (κ3) is 2.07. The summed E-state index contributed by atoms with van der Waals surface area (Å²) in [6.07, 6.45) is 1.69. The van der Waals surface area contributed by atoms with Crippen molar-refractivity contribution in [3.8, 4) is 0 Å². The van der Waals surface area contributed by atoms with E-state index >= 15 is 0 Å². The molecule has 3 rings (SSSR count). The summed E-state index contributed by atoms with van der Waals surface area (Å²) in [5.41, 5.74) is 4.12. The molecule has 4 heteroatoms. The van der Waals surface area contributed by atoms with E-state index in [1.807, 2.05) is 30.3 Å². The molecule has 18 heavy (non-hydrogen) atoms. The number of hydrogen-bond donors (Lipinski definition) is 1. The van der Waals surface area contributed by atoms with Crippen LogP contribution >= 0.6 is 22.9 Å². The zero-order chi connectivity index (χ0) is 12.5. The molecule has 0 aliphatic rings. The first-order valence-corrected chi connectivity index (χ1v) is 6.81. The van der Waals surface area contributed by atoms with Gasteiger partial charge in [0, 0.05) is 11.4 Å². The Bertz CT molecular complexity index is 696. The third-order valence-electron chi connectivity index (χ3n) is 2.89. The van der Waals surface area contributed by atoms with E-state index in [4.69, 9.17) is 11.6 Å². The number of hydrogen-bond acceptors (Lipinski definition) is 2. The summed E-state index contributed by atoms with van der Waals surface area (Å²) in [5, 5.41) is 2.88. The molecule has 1 aromatic carbocycles. The summed E-state index contributed by atoms with van der Waals surface area (Å²) in [4.78, 5) is 13.9. The number of nitrogens with one attached hydrogen (secondary N) is 1. The Labute approximate surface area is 113 Å². The van der Waals surface area contributed by atoms with Crippen molar-refractivity contribution < 1.29 is 4.79 Å². The van der Waals surface area contributed by atoms with Crippen molar-refractivity contribution in [2.24, 2.45) is 0 Å². The number of aromatic nitrogens is 1. The van der Waals surface area contributed by atoms with Crippen LogP contribution in [0, 0.1) is 0 Å². The standard InChI is InChI=1S/C14H10ClNOS/c15-11-3-1-9(2-4-11)5-10-8-18-13-6-12(7-17)16-14(10)13/h1-4,6-8,16H,5H2. The molecule has 0 spiro atoms. The second-order valence-corrected chi connectivity index (χ2v) is 5.49. The number of rotatable bonds is 3. The van der Waals surface area contributed by atoms with E-state index in [2.05, 4.69) is 10.4 Å². The smallest absolute Gasteiger partial charge is 0.166 e. The number of fused-ring (bicyclic) bond motifs is 1. The lowest BCUT2D eigenvalue weighted by atomic mass is 10.1. The van der Waals surface area contributed by atoms with Gasteiger partial charge in [0.05, 0.1) is 15.9 Å². The average molecular weight is 276 g/mol. The van der Waals surface area contributed by atoms with Gasteiger partial charge in [-0.15, -0.1) is 11.3 Å². The molecule has 0 radical (unpaired) electrons. The van der Waals surface area contributed by atoms with Crippen molar-refractivity contribution in [3.05, 3.63) is 57.6 Å². The molecule has 0 fully saturated rings. The molecule has 0 bridgehead atoms. The molecular weight excluding hydrogens is 266 g/mol. The summed E-state index contributed by atoms with van der Waals surface area (Å²) in [7, 11) is 0. The molecule has 0 amide bonds.